The van der Waals surface area contributed by atoms with E-state index in [0.29, 0.717) is 17.2 Å². The smallest absolute Gasteiger partial charge is 0.325 e. The second kappa shape index (κ2) is 8.63. The molecule has 3 amide bonds. The van der Waals surface area contributed by atoms with Crippen molar-refractivity contribution in [1.29, 1.82) is 0 Å². The molecule has 1 aliphatic heterocycles. The summed E-state index contributed by atoms with van der Waals surface area (Å²) < 4.78 is 5.81. The zero-order valence-electron chi connectivity index (χ0n) is 18.5. The number of nitrogens with one attached hydrogen (secondary N) is 1. The van der Waals surface area contributed by atoms with Gasteiger partial charge in [-0.1, -0.05) is 74.5 Å². The maximum Gasteiger partial charge on any atom is 0.325 e. The van der Waals surface area contributed by atoms with Gasteiger partial charge in [-0.2, -0.15) is 0 Å². The first-order valence-electron chi connectivity index (χ1n) is 10.8. The average molecular weight is 433 g/mol. The number of carbonyl (C=O) groups is 2. The molecule has 0 bridgehead atoms. The third-order valence-electron chi connectivity index (χ3n) is 6.00. The van der Waals surface area contributed by atoms with E-state index in [1.165, 1.54) is 0 Å². The van der Waals surface area contributed by atoms with E-state index in [9.17, 15) is 14.7 Å². The number of fused-ring (bicyclic) bond motifs is 1. The van der Waals surface area contributed by atoms with Gasteiger partial charge in [0.1, 0.15) is 24.0 Å². The highest BCUT2D eigenvalue weighted by Crippen LogP contribution is 2.30. The van der Waals surface area contributed by atoms with Crippen molar-refractivity contribution in [3.8, 4) is 5.75 Å². The number of urea groups is 1. The van der Waals surface area contributed by atoms with Crippen molar-refractivity contribution in [3.05, 3.63) is 77.9 Å². The molecule has 3 aromatic rings. The van der Waals surface area contributed by atoms with Crippen LogP contribution < -0.4 is 10.1 Å². The van der Waals surface area contributed by atoms with Gasteiger partial charge in [0.2, 0.25) is 0 Å². The minimum Gasteiger partial charge on any atom is -0.490 e. The van der Waals surface area contributed by atoms with Crippen molar-refractivity contribution in [2.24, 2.45) is 0 Å². The molecule has 0 spiro atoms. The molecule has 6 heteroatoms. The number of benzene rings is 3. The van der Waals surface area contributed by atoms with Crippen LogP contribution in [0.4, 0.5) is 4.79 Å². The van der Waals surface area contributed by atoms with Crippen LogP contribution in [0.25, 0.3) is 10.8 Å². The second-order valence-corrected chi connectivity index (χ2v) is 8.69. The molecule has 1 heterocycles. The van der Waals surface area contributed by atoms with Crippen LogP contribution in [0.3, 0.4) is 0 Å². The van der Waals surface area contributed by atoms with Crippen molar-refractivity contribution in [2.45, 2.75) is 38.3 Å². The number of hydrogen-bond acceptors (Lipinski definition) is 4. The molecule has 2 N–H and O–H groups in total. The summed E-state index contributed by atoms with van der Waals surface area (Å²) in [5, 5.41) is 15.3. The molecule has 1 aliphatic rings. The van der Waals surface area contributed by atoms with Crippen molar-refractivity contribution >= 4 is 22.7 Å². The van der Waals surface area contributed by atoms with Gasteiger partial charge in [-0.15, -0.1) is 0 Å². The fourth-order valence-electron chi connectivity index (χ4n) is 4.03. The standard InChI is InChI=1S/C26H28N2O4/c1-17(2)18-11-13-20(14-12-18)26(3)24(30)28(25(31)27-26)15-21(29)16-32-23-10-6-8-19-7-4-5-9-22(19)23/h4-14,17,21,29H,15-16H2,1-3H3,(H,27,31). The van der Waals surface area contributed by atoms with Gasteiger partial charge < -0.3 is 15.2 Å². The van der Waals surface area contributed by atoms with Crippen molar-refractivity contribution in [2.75, 3.05) is 13.2 Å². The number of nitrogens with zero attached hydrogens (tertiary/aromatic N) is 1. The van der Waals surface area contributed by atoms with Crippen LogP contribution in [0.1, 0.15) is 37.8 Å². The topological polar surface area (TPSA) is 78.9 Å². The number of hydrogen-bond donors (Lipinski definition) is 2. The summed E-state index contributed by atoms with van der Waals surface area (Å²) >= 11 is 0. The molecule has 6 nitrogen and oxygen atoms in total. The zero-order valence-corrected chi connectivity index (χ0v) is 18.5. The SMILES string of the molecule is CC(C)c1ccc(C2(C)NC(=O)N(CC(O)COc3cccc4ccccc34)C2=O)cc1. The van der Waals surface area contributed by atoms with Gasteiger partial charge in [-0.25, -0.2) is 4.79 Å². The Morgan fingerprint density at radius 1 is 1.00 bits per heavy atom. The fourth-order valence-corrected chi connectivity index (χ4v) is 4.03. The summed E-state index contributed by atoms with van der Waals surface area (Å²) in [6.45, 7) is 5.71. The van der Waals surface area contributed by atoms with Crippen molar-refractivity contribution in [3.63, 3.8) is 0 Å². The van der Waals surface area contributed by atoms with Crippen LogP contribution >= 0.6 is 0 Å². The lowest BCUT2D eigenvalue weighted by molar-refractivity contribution is -0.132. The summed E-state index contributed by atoms with van der Waals surface area (Å²) in [4.78, 5) is 26.8. The van der Waals surface area contributed by atoms with Gasteiger partial charge in [-0.05, 0) is 35.4 Å². The third kappa shape index (κ3) is 4.06. The largest absolute Gasteiger partial charge is 0.490 e. The molecular weight excluding hydrogens is 404 g/mol. The minimum absolute atomic E-state index is 0.0368. The Morgan fingerprint density at radius 2 is 1.69 bits per heavy atom. The first-order valence-corrected chi connectivity index (χ1v) is 10.8. The van der Waals surface area contributed by atoms with Gasteiger partial charge in [0, 0.05) is 5.39 Å². The number of amides is 3. The second-order valence-electron chi connectivity index (χ2n) is 8.69. The first-order chi connectivity index (χ1) is 15.3. The Kier molecular flexibility index (Phi) is 5.89. The van der Waals surface area contributed by atoms with E-state index in [1.807, 2.05) is 66.7 Å². The lowest BCUT2D eigenvalue weighted by atomic mass is 9.90. The average Bonchev–Trinajstić information content (AvgIpc) is 3.01. The Bertz CT molecular complexity index is 1140. The number of aliphatic hydroxyl groups excluding tert-OH is 1. The van der Waals surface area contributed by atoms with E-state index < -0.39 is 17.7 Å². The molecule has 3 aromatic carbocycles. The molecular formula is C26H28N2O4. The summed E-state index contributed by atoms with van der Waals surface area (Å²) in [5.41, 5.74) is 0.708. The maximum absolute atomic E-state index is 13.1. The Balaban J connectivity index is 1.43. The normalized spacial score (nSPS) is 19.5. The predicted molar refractivity (Wildman–Crippen MR) is 124 cm³/mol. The van der Waals surface area contributed by atoms with Crippen LogP contribution in [-0.2, 0) is 10.3 Å². The highest BCUT2D eigenvalue weighted by molar-refractivity contribution is 6.07. The molecule has 32 heavy (non-hydrogen) atoms. The number of aliphatic hydroxyl groups is 1. The van der Waals surface area contributed by atoms with Gasteiger partial charge in [0.25, 0.3) is 5.91 Å². The molecule has 0 aromatic heterocycles. The lowest BCUT2D eigenvalue weighted by Crippen LogP contribution is -2.42. The summed E-state index contributed by atoms with van der Waals surface area (Å²) in [7, 11) is 0. The lowest BCUT2D eigenvalue weighted by Gasteiger charge is -2.23. The molecule has 1 fully saturated rings. The van der Waals surface area contributed by atoms with E-state index in [2.05, 4.69) is 19.2 Å². The van der Waals surface area contributed by atoms with Crippen LogP contribution in [0, 0.1) is 0 Å². The van der Waals surface area contributed by atoms with Gasteiger partial charge >= 0.3 is 6.03 Å². The third-order valence-corrected chi connectivity index (χ3v) is 6.00. The number of β-amino-alcohol motifs (C(OH)–C–C–N with tert-alkyl or cyclic N) is 1. The highest BCUT2D eigenvalue weighted by Gasteiger charge is 2.49. The molecule has 0 radical (unpaired) electrons. The van der Waals surface area contributed by atoms with Crippen LogP contribution in [0.2, 0.25) is 0 Å². The van der Waals surface area contributed by atoms with E-state index in [0.717, 1.165) is 21.2 Å². The Hall–Kier alpha value is -3.38. The van der Waals surface area contributed by atoms with Crippen LogP contribution in [-0.4, -0.2) is 41.2 Å². The van der Waals surface area contributed by atoms with E-state index in [1.54, 1.807) is 6.92 Å². The van der Waals surface area contributed by atoms with Gasteiger partial charge in [0.05, 0.1) is 6.54 Å². The summed E-state index contributed by atoms with van der Waals surface area (Å²) in [5.74, 6) is 0.637. The molecule has 2 atom stereocenters. The van der Waals surface area contributed by atoms with Crippen LogP contribution in [0.5, 0.6) is 5.75 Å². The monoisotopic (exact) mass is 432 g/mol. The van der Waals surface area contributed by atoms with E-state index >= 15 is 0 Å². The molecule has 166 valence electrons. The zero-order chi connectivity index (χ0) is 22.9. The predicted octanol–water partition coefficient (Wildman–Crippen LogP) is 4.17. The maximum atomic E-state index is 13.1. The van der Waals surface area contributed by atoms with Crippen molar-refractivity contribution < 1.29 is 19.4 Å². The minimum atomic E-state index is -1.16. The molecule has 2 unspecified atom stereocenters. The summed E-state index contributed by atoms with van der Waals surface area (Å²) in [6, 6.07) is 20.7. The quantitative estimate of drug-likeness (QED) is 0.549. The molecule has 1 saturated heterocycles. The summed E-state index contributed by atoms with van der Waals surface area (Å²) in [6.07, 6.45) is -1.02. The number of imide groups is 1. The first kappa shape index (κ1) is 21.8. The Labute approximate surface area is 187 Å². The molecule has 0 saturated carbocycles. The van der Waals surface area contributed by atoms with Gasteiger partial charge in [0.15, 0.2) is 0 Å². The van der Waals surface area contributed by atoms with E-state index in [4.69, 9.17) is 4.74 Å². The molecule has 0 aliphatic carbocycles. The number of carbonyl (C=O) groups excluding carboxylic acids is 2. The van der Waals surface area contributed by atoms with Crippen molar-refractivity contribution in [1.82, 2.24) is 10.2 Å². The van der Waals surface area contributed by atoms with E-state index in [-0.39, 0.29) is 19.1 Å². The highest BCUT2D eigenvalue weighted by atomic mass is 16.5. The number of ether oxygens (including phenoxy) is 1. The van der Waals surface area contributed by atoms with Crippen LogP contribution in [0.15, 0.2) is 66.7 Å². The Morgan fingerprint density at radius 3 is 2.41 bits per heavy atom. The molecule has 4 rings (SSSR count). The fraction of sp³-hybridized carbons (Fsp3) is 0.308. The van der Waals surface area contributed by atoms with Gasteiger partial charge in [-0.3, -0.25) is 9.69 Å². The number of rotatable bonds is 7.